The molecule has 3 rings (SSSR count). The highest BCUT2D eigenvalue weighted by Gasteiger charge is 2.40. The number of nitrogens with one attached hydrogen (secondary N) is 1. The summed E-state index contributed by atoms with van der Waals surface area (Å²) in [5.74, 6) is -0.748. The van der Waals surface area contributed by atoms with E-state index in [1.54, 1.807) is 0 Å². The summed E-state index contributed by atoms with van der Waals surface area (Å²) in [6.07, 6.45) is 1.52. The number of furan rings is 1. The second-order valence-electron chi connectivity index (χ2n) is 6.33. The lowest BCUT2D eigenvalue weighted by atomic mass is 10.0. The van der Waals surface area contributed by atoms with Crippen LogP contribution in [0.5, 0.6) is 0 Å². The summed E-state index contributed by atoms with van der Waals surface area (Å²) in [5, 5.41) is 13.6. The Morgan fingerprint density at radius 1 is 1.35 bits per heavy atom. The van der Waals surface area contributed by atoms with Gasteiger partial charge in [0.1, 0.15) is 11.8 Å². The normalized spacial score (nSPS) is 23.3. The summed E-state index contributed by atoms with van der Waals surface area (Å²) < 4.78 is 28.4. The lowest BCUT2D eigenvalue weighted by Gasteiger charge is -2.20. The van der Waals surface area contributed by atoms with Crippen molar-refractivity contribution in [3.63, 3.8) is 0 Å². The van der Waals surface area contributed by atoms with Crippen LogP contribution in [0.25, 0.3) is 11.0 Å². The van der Waals surface area contributed by atoms with Gasteiger partial charge in [0.05, 0.1) is 22.7 Å². The predicted octanol–water partition coefficient (Wildman–Crippen LogP) is 1.33. The number of aliphatic hydroxyl groups is 1. The largest absolute Gasteiger partial charge is 0.463 e. The number of benzene rings is 1. The molecule has 1 fully saturated rings. The highest BCUT2D eigenvalue weighted by Crippen LogP contribution is 2.26. The van der Waals surface area contributed by atoms with Gasteiger partial charge in [-0.3, -0.25) is 4.79 Å². The molecule has 1 unspecified atom stereocenters. The smallest absolute Gasteiger partial charge is 0.255 e. The van der Waals surface area contributed by atoms with E-state index >= 15 is 0 Å². The fourth-order valence-corrected chi connectivity index (χ4v) is 4.74. The third-order valence-electron chi connectivity index (χ3n) is 4.38. The molecule has 1 aliphatic heterocycles. The second kappa shape index (κ2) is 5.35. The molecule has 0 spiro atoms. The van der Waals surface area contributed by atoms with Crippen LogP contribution in [0.2, 0.25) is 0 Å². The first kappa shape index (κ1) is 16.0. The van der Waals surface area contributed by atoms with E-state index in [2.05, 4.69) is 5.32 Å². The Kier molecular flexibility index (Phi) is 3.72. The molecule has 0 radical (unpaired) electrons. The molecule has 1 aliphatic rings. The summed E-state index contributed by atoms with van der Waals surface area (Å²) in [4.78, 5) is 12.3. The molecule has 23 heavy (non-hydrogen) atoms. The van der Waals surface area contributed by atoms with Gasteiger partial charge in [-0.25, -0.2) is 8.42 Å². The summed E-state index contributed by atoms with van der Waals surface area (Å²) in [5.41, 5.74) is 1.74. The fraction of sp³-hybridized carbons (Fsp3) is 0.438. The molecular formula is C16H19NO5S. The number of amides is 1. The van der Waals surface area contributed by atoms with Crippen molar-refractivity contribution in [3.8, 4) is 0 Å². The van der Waals surface area contributed by atoms with Gasteiger partial charge in [0.15, 0.2) is 9.84 Å². The monoisotopic (exact) mass is 337 g/mol. The quantitative estimate of drug-likeness (QED) is 0.881. The molecule has 1 aromatic heterocycles. The average molecular weight is 337 g/mol. The molecule has 6 nitrogen and oxygen atoms in total. The van der Waals surface area contributed by atoms with Gasteiger partial charge >= 0.3 is 0 Å². The Hall–Kier alpha value is -1.86. The molecule has 1 saturated heterocycles. The van der Waals surface area contributed by atoms with Gasteiger partial charge in [-0.05, 0) is 43.5 Å². The Morgan fingerprint density at radius 3 is 2.70 bits per heavy atom. The van der Waals surface area contributed by atoms with E-state index < -0.39 is 15.4 Å². The minimum atomic E-state index is -3.22. The topological polar surface area (TPSA) is 96.6 Å². The van der Waals surface area contributed by atoms with Crippen LogP contribution in [-0.2, 0) is 9.84 Å². The van der Waals surface area contributed by atoms with Crippen LogP contribution in [-0.4, -0.2) is 43.1 Å². The van der Waals surface area contributed by atoms with Crippen LogP contribution in [0.4, 0.5) is 0 Å². The van der Waals surface area contributed by atoms with Crippen LogP contribution in [0.15, 0.2) is 22.8 Å². The zero-order chi connectivity index (χ0) is 16.8. The third kappa shape index (κ3) is 3.11. The number of aryl methyl sites for hydroxylation is 2. The molecule has 1 amide bonds. The lowest BCUT2D eigenvalue weighted by molar-refractivity contribution is 0.0609. The first-order chi connectivity index (χ1) is 10.7. The van der Waals surface area contributed by atoms with E-state index in [9.17, 15) is 18.3 Å². The van der Waals surface area contributed by atoms with Crippen LogP contribution >= 0.6 is 0 Å². The Labute approximate surface area is 134 Å². The predicted molar refractivity (Wildman–Crippen MR) is 86.2 cm³/mol. The number of fused-ring (bicyclic) bond motifs is 1. The second-order valence-corrected chi connectivity index (χ2v) is 8.52. The van der Waals surface area contributed by atoms with E-state index in [0.717, 1.165) is 11.1 Å². The van der Waals surface area contributed by atoms with Gasteiger partial charge < -0.3 is 14.8 Å². The molecule has 0 bridgehead atoms. The van der Waals surface area contributed by atoms with E-state index in [-0.39, 0.29) is 30.4 Å². The van der Waals surface area contributed by atoms with Crippen molar-refractivity contribution in [2.24, 2.45) is 0 Å². The Balaban J connectivity index is 1.78. The maximum Gasteiger partial charge on any atom is 0.255 e. The Morgan fingerprint density at radius 2 is 2.04 bits per heavy atom. The van der Waals surface area contributed by atoms with Crippen molar-refractivity contribution in [1.82, 2.24) is 5.32 Å². The maximum absolute atomic E-state index is 12.3. The van der Waals surface area contributed by atoms with Gasteiger partial charge in [0, 0.05) is 11.9 Å². The number of rotatable bonds is 3. The average Bonchev–Trinajstić information content (AvgIpc) is 2.98. The van der Waals surface area contributed by atoms with E-state index in [0.29, 0.717) is 16.5 Å². The van der Waals surface area contributed by atoms with Crippen LogP contribution in [0.3, 0.4) is 0 Å². The van der Waals surface area contributed by atoms with Crippen LogP contribution in [0, 0.1) is 13.8 Å². The number of carbonyl (C=O) groups excluding carboxylic acids is 1. The zero-order valence-electron chi connectivity index (χ0n) is 13.0. The van der Waals surface area contributed by atoms with Crippen molar-refractivity contribution in [2.45, 2.75) is 25.9 Å². The van der Waals surface area contributed by atoms with Gasteiger partial charge in [0.2, 0.25) is 0 Å². The van der Waals surface area contributed by atoms with Crippen molar-refractivity contribution in [1.29, 1.82) is 0 Å². The van der Waals surface area contributed by atoms with E-state index in [1.165, 1.54) is 6.26 Å². The number of sulfone groups is 1. The highest BCUT2D eigenvalue weighted by molar-refractivity contribution is 7.91. The Bertz CT molecular complexity index is 883. The summed E-state index contributed by atoms with van der Waals surface area (Å²) >= 11 is 0. The molecule has 2 aromatic rings. The van der Waals surface area contributed by atoms with Crippen LogP contribution in [0.1, 0.15) is 27.9 Å². The number of hydrogen-bond acceptors (Lipinski definition) is 5. The molecule has 7 heteroatoms. The van der Waals surface area contributed by atoms with Gasteiger partial charge in [0.25, 0.3) is 5.91 Å². The van der Waals surface area contributed by atoms with Crippen molar-refractivity contribution < 1.29 is 22.7 Å². The van der Waals surface area contributed by atoms with Gasteiger partial charge in [-0.1, -0.05) is 0 Å². The van der Waals surface area contributed by atoms with Crippen molar-refractivity contribution in [3.05, 3.63) is 35.1 Å². The molecule has 0 aliphatic carbocycles. The summed E-state index contributed by atoms with van der Waals surface area (Å²) in [7, 11) is -3.22. The molecule has 2 heterocycles. The van der Waals surface area contributed by atoms with Gasteiger partial charge in [-0.2, -0.15) is 0 Å². The highest BCUT2D eigenvalue weighted by atomic mass is 32.2. The molecule has 124 valence electrons. The first-order valence-corrected chi connectivity index (χ1v) is 9.21. The SMILES string of the molecule is Cc1cc2occ(C(=O)NCC3(O)CCS(=O)(=O)C3)c2cc1C. The van der Waals surface area contributed by atoms with Crippen molar-refractivity contribution in [2.75, 3.05) is 18.1 Å². The molecular weight excluding hydrogens is 318 g/mol. The molecule has 2 N–H and O–H groups in total. The van der Waals surface area contributed by atoms with Crippen molar-refractivity contribution >= 4 is 26.7 Å². The zero-order valence-corrected chi connectivity index (χ0v) is 13.9. The fourth-order valence-electron chi connectivity index (χ4n) is 2.84. The van der Waals surface area contributed by atoms with E-state index in [4.69, 9.17) is 4.42 Å². The number of carbonyl (C=O) groups is 1. The van der Waals surface area contributed by atoms with E-state index in [1.807, 2.05) is 26.0 Å². The number of hydrogen-bond donors (Lipinski definition) is 2. The standard InChI is InChI=1S/C16H19NO5S/c1-10-5-12-13(7-22-14(12)6-11(10)2)15(18)17-8-16(19)3-4-23(20,21)9-16/h5-7,19H,3-4,8-9H2,1-2H3,(H,17,18). The molecule has 1 aromatic carbocycles. The summed E-state index contributed by atoms with van der Waals surface area (Å²) in [6, 6.07) is 3.76. The third-order valence-corrected chi connectivity index (χ3v) is 6.18. The lowest BCUT2D eigenvalue weighted by Crippen LogP contribution is -2.43. The maximum atomic E-state index is 12.3. The summed E-state index contributed by atoms with van der Waals surface area (Å²) in [6.45, 7) is 3.82. The minimum Gasteiger partial charge on any atom is -0.463 e. The van der Waals surface area contributed by atoms with Gasteiger partial charge in [-0.15, -0.1) is 0 Å². The minimum absolute atomic E-state index is 0.0491. The molecule has 1 atom stereocenters. The first-order valence-electron chi connectivity index (χ1n) is 7.39. The molecule has 0 saturated carbocycles. The van der Waals surface area contributed by atoms with Crippen LogP contribution < -0.4 is 5.32 Å².